The van der Waals surface area contributed by atoms with E-state index in [4.69, 9.17) is 19.7 Å². The van der Waals surface area contributed by atoms with Gasteiger partial charge in [0.25, 0.3) is 0 Å². The molecule has 1 fully saturated rings. The molecular formula is C26H24F3NO5. The maximum absolute atomic E-state index is 11.0. The fourth-order valence-corrected chi connectivity index (χ4v) is 3.35. The van der Waals surface area contributed by atoms with Gasteiger partial charge < -0.3 is 20.3 Å². The van der Waals surface area contributed by atoms with Gasteiger partial charge in [0.15, 0.2) is 0 Å². The van der Waals surface area contributed by atoms with Crippen molar-refractivity contribution in [3.05, 3.63) is 89.5 Å². The molecule has 0 saturated heterocycles. The molecule has 0 spiro atoms. The van der Waals surface area contributed by atoms with Crippen molar-refractivity contribution in [2.45, 2.75) is 32.0 Å². The average molecular weight is 487 g/mol. The number of aryl methyl sites for hydroxylation is 1. The number of ether oxygens (including phenoxy) is 1. The maximum Gasteiger partial charge on any atom is 0.490 e. The van der Waals surface area contributed by atoms with E-state index < -0.39 is 18.1 Å². The van der Waals surface area contributed by atoms with Crippen molar-refractivity contribution in [2.75, 3.05) is 5.32 Å². The van der Waals surface area contributed by atoms with E-state index in [2.05, 4.69) is 18.3 Å². The van der Waals surface area contributed by atoms with Crippen LogP contribution in [0.25, 0.3) is 0 Å². The average Bonchev–Trinajstić information content (AvgIpc) is 3.61. The molecule has 0 heterocycles. The predicted molar refractivity (Wildman–Crippen MR) is 124 cm³/mol. The summed E-state index contributed by atoms with van der Waals surface area (Å²) in [5.41, 5.74) is 4.45. The second-order valence-electron chi connectivity index (χ2n) is 8.13. The lowest BCUT2D eigenvalue weighted by Gasteiger charge is -2.10. The molecule has 6 nitrogen and oxygen atoms in total. The number of carboxylic acids is 2. The number of carbonyl (C=O) groups is 2. The number of carboxylic acid groups (broad SMARTS) is 2. The summed E-state index contributed by atoms with van der Waals surface area (Å²) >= 11 is 0. The molecule has 0 aromatic heterocycles. The van der Waals surface area contributed by atoms with Crippen molar-refractivity contribution < 1.29 is 37.7 Å². The Labute approximate surface area is 200 Å². The second-order valence-corrected chi connectivity index (χ2v) is 8.13. The number of nitrogens with one attached hydrogen (secondary N) is 1. The quantitative estimate of drug-likeness (QED) is 0.366. The molecule has 4 rings (SSSR count). The molecule has 0 unspecified atom stereocenters. The van der Waals surface area contributed by atoms with E-state index in [-0.39, 0.29) is 11.8 Å². The zero-order valence-electron chi connectivity index (χ0n) is 18.8. The Morgan fingerprint density at radius 1 is 0.971 bits per heavy atom. The molecule has 1 saturated carbocycles. The van der Waals surface area contributed by atoms with E-state index in [0.717, 1.165) is 34.7 Å². The van der Waals surface area contributed by atoms with Crippen LogP contribution in [0.3, 0.4) is 0 Å². The van der Waals surface area contributed by atoms with Gasteiger partial charge in [-0.05, 0) is 66.8 Å². The molecule has 2 atom stereocenters. The van der Waals surface area contributed by atoms with Crippen LogP contribution >= 0.6 is 0 Å². The Morgan fingerprint density at radius 2 is 1.60 bits per heavy atom. The Bertz CT molecular complexity index is 1160. The van der Waals surface area contributed by atoms with Crippen molar-refractivity contribution in [2.24, 2.45) is 5.92 Å². The summed E-state index contributed by atoms with van der Waals surface area (Å²) in [5, 5.41) is 19.6. The SMILES string of the molecule is Cc1ccc(Oc2cccc(CNc3ccc([C@@H]4C[C@H]4C(=O)O)cc3)c2)cc1.O=C(O)C(F)(F)F. The Hall–Kier alpha value is -4.01. The van der Waals surface area contributed by atoms with Crippen molar-refractivity contribution in [3.63, 3.8) is 0 Å². The van der Waals surface area contributed by atoms with E-state index in [9.17, 15) is 18.0 Å². The van der Waals surface area contributed by atoms with Gasteiger partial charge in [0.2, 0.25) is 0 Å². The summed E-state index contributed by atoms with van der Waals surface area (Å²) in [6.45, 7) is 2.74. The van der Waals surface area contributed by atoms with E-state index in [1.165, 1.54) is 5.56 Å². The summed E-state index contributed by atoms with van der Waals surface area (Å²) in [6, 6.07) is 24.1. The highest BCUT2D eigenvalue weighted by atomic mass is 19.4. The van der Waals surface area contributed by atoms with Crippen LogP contribution in [-0.2, 0) is 16.1 Å². The van der Waals surface area contributed by atoms with E-state index in [1.54, 1.807) is 0 Å². The van der Waals surface area contributed by atoms with Gasteiger partial charge in [-0.3, -0.25) is 4.79 Å². The van der Waals surface area contributed by atoms with Crippen molar-refractivity contribution in [1.29, 1.82) is 0 Å². The topological polar surface area (TPSA) is 95.9 Å². The van der Waals surface area contributed by atoms with Crippen LogP contribution in [-0.4, -0.2) is 28.3 Å². The normalized spacial score (nSPS) is 16.5. The highest BCUT2D eigenvalue weighted by molar-refractivity contribution is 5.75. The first-order valence-corrected chi connectivity index (χ1v) is 10.7. The van der Waals surface area contributed by atoms with Crippen LogP contribution in [0.4, 0.5) is 18.9 Å². The van der Waals surface area contributed by atoms with Crippen LogP contribution in [0.15, 0.2) is 72.8 Å². The zero-order chi connectivity index (χ0) is 25.6. The van der Waals surface area contributed by atoms with Gasteiger partial charge in [-0.1, -0.05) is 42.0 Å². The van der Waals surface area contributed by atoms with Crippen molar-refractivity contribution in [3.8, 4) is 11.5 Å². The number of rotatable bonds is 7. The van der Waals surface area contributed by atoms with Gasteiger partial charge in [-0.25, -0.2) is 4.79 Å². The minimum Gasteiger partial charge on any atom is -0.481 e. The standard InChI is InChI=1S/C24H23NO3.C2HF3O2/c1-16-5-11-20(12-6-16)28-21-4-2-3-17(13-21)15-25-19-9-7-18(8-10-19)22-14-23(22)24(26)27;3-2(4,5)1(6)7/h2-13,22-23,25H,14-15H2,1H3,(H,26,27);(H,6,7)/t22-,23+;/m0./s1. The third-order valence-electron chi connectivity index (χ3n) is 5.34. The number of aliphatic carboxylic acids is 2. The number of anilines is 1. The summed E-state index contributed by atoms with van der Waals surface area (Å²) in [4.78, 5) is 19.9. The lowest BCUT2D eigenvalue weighted by atomic mass is 10.1. The van der Waals surface area contributed by atoms with Gasteiger partial charge in [0.1, 0.15) is 11.5 Å². The molecule has 0 amide bonds. The van der Waals surface area contributed by atoms with Crippen molar-refractivity contribution in [1.82, 2.24) is 0 Å². The van der Waals surface area contributed by atoms with Gasteiger partial charge in [0, 0.05) is 12.2 Å². The second kappa shape index (κ2) is 10.9. The van der Waals surface area contributed by atoms with Crippen LogP contribution in [0.2, 0.25) is 0 Å². The summed E-state index contributed by atoms with van der Waals surface area (Å²) in [5.74, 6) is -1.86. The Balaban J connectivity index is 0.000000429. The Morgan fingerprint density at radius 3 is 2.14 bits per heavy atom. The number of hydrogen-bond acceptors (Lipinski definition) is 4. The lowest BCUT2D eigenvalue weighted by Crippen LogP contribution is -2.21. The summed E-state index contributed by atoms with van der Waals surface area (Å²) in [6.07, 6.45) is -4.34. The monoisotopic (exact) mass is 487 g/mol. The molecule has 35 heavy (non-hydrogen) atoms. The molecule has 3 aromatic rings. The first-order valence-electron chi connectivity index (χ1n) is 10.7. The molecule has 0 radical (unpaired) electrons. The van der Waals surface area contributed by atoms with Gasteiger partial charge in [-0.2, -0.15) is 13.2 Å². The molecule has 0 aliphatic heterocycles. The number of hydrogen-bond donors (Lipinski definition) is 3. The number of alkyl halides is 3. The summed E-state index contributed by atoms with van der Waals surface area (Å²) < 4.78 is 37.7. The molecule has 1 aliphatic rings. The van der Waals surface area contributed by atoms with Crippen LogP contribution in [0.1, 0.15) is 29.0 Å². The highest BCUT2D eigenvalue weighted by Gasteiger charge is 2.44. The molecule has 3 aromatic carbocycles. The van der Waals surface area contributed by atoms with E-state index in [0.29, 0.717) is 6.54 Å². The minimum absolute atomic E-state index is 0.169. The van der Waals surface area contributed by atoms with E-state index >= 15 is 0 Å². The first kappa shape index (κ1) is 25.6. The smallest absolute Gasteiger partial charge is 0.481 e. The van der Waals surface area contributed by atoms with Gasteiger partial charge in [0.05, 0.1) is 5.92 Å². The molecular weight excluding hydrogens is 463 g/mol. The number of halogens is 3. The number of benzene rings is 3. The Kier molecular flexibility index (Phi) is 8.01. The summed E-state index contributed by atoms with van der Waals surface area (Å²) in [7, 11) is 0. The molecule has 184 valence electrons. The fourth-order valence-electron chi connectivity index (χ4n) is 3.35. The predicted octanol–water partition coefficient (Wildman–Crippen LogP) is 6.22. The zero-order valence-corrected chi connectivity index (χ0v) is 18.8. The van der Waals surface area contributed by atoms with E-state index in [1.807, 2.05) is 66.7 Å². The molecule has 1 aliphatic carbocycles. The highest BCUT2D eigenvalue weighted by Crippen LogP contribution is 2.47. The van der Waals surface area contributed by atoms with Gasteiger partial charge in [-0.15, -0.1) is 0 Å². The van der Waals surface area contributed by atoms with Crippen LogP contribution in [0.5, 0.6) is 11.5 Å². The van der Waals surface area contributed by atoms with Crippen LogP contribution < -0.4 is 10.1 Å². The molecule has 3 N–H and O–H groups in total. The maximum atomic E-state index is 11.0. The third-order valence-corrected chi connectivity index (χ3v) is 5.34. The van der Waals surface area contributed by atoms with Crippen molar-refractivity contribution >= 4 is 17.6 Å². The van der Waals surface area contributed by atoms with Gasteiger partial charge >= 0.3 is 18.1 Å². The van der Waals surface area contributed by atoms with Crippen LogP contribution in [0, 0.1) is 12.8 Å². The molecule has 9 heteroatoms. The lowest BCUT2D eigenvalue weighted by molar-refractivity contribution is -0.192. The molecule has 0 bridgehead atoms. The minimum atomic E-state index is -5.08. The largest absolute Gasteiger partial charge is 0.490 e. The fraction of sp³-hybridized carbons (Fsp3) is 0.231. The third kappa shape index (κ3) is 7.77. The first-order chi connectivity index (χ1) is 16.5.